The third kappa shape index (κ3) is 5.80. The average molecular weight is 311 g/mol. The van der Waals surface area contributed by atoms with E-state index in [9.17, 15) is 4.79 Å². The second-order valence-electron chi connectivity index (χ2n) is 4.45. The molecule has 1 rings (SSSR count). The van der Waals surface area contributed by atoms with Gasteiger partial charge in [0.2, 0.25) is 5.91 Å². The van der Waals surface area contributed by atoms with Gasteiger partial charge in [-0.15, -0.1) is 24.8 Å². The Morgan fingerprint density at radius 1 is 1.42 bits per heavy atom. The number of hydrogen-bond donors (Lipinski definition) is 2. The van der Waals surface area contributed by atoms with Gasteiger partial charge in [0.25, 0.3) is 0 Å². The summed E-state index contributed by atoms with van der Waals surface area (Å²) in [4.78, 5) is 11.9. The van der Waals surface area contributed by atoms with Crippen LogP contribution in [-0.2, 0) is 4.79 Å². The minimum atomic E-state index is -0.306. The van der Waals surface area contributed by atoms with Crippen molar-refractivity contribution in [3.8, 4) is 0 Å². The third-order valence-electron chi connectivity index (χ3n) is 3.32. The van der Waals surface area contributed by atoms with E-state index in [1.807, 2.05) is 20.8 Å². The first kappa shape index (κ1) is 20.5. The van der Waals surface area contributed by atoms with Crippen molar-refractivity contribution in [2.24, 2.45) is 5.73 Å². The monoisotopic (exact) mass is 310 g/mol. The number of aromatic nitrogens is 2. The molecule has 0 saturated heterocycles. The van der Waals surface area contributed by atoms with Crippen LogP contribution in [0.1, 0.15) is 39.7 Å². The van der Waals surface area contributed by atoms with Crippen LogP contribution in [0.2, 0.25) is 0 Å². The fourth-order valence-electron chi connectivity index (χ4n) is 1.54. The van der Waals surface area contributed by atoms with Gasteiger partial charge in [0, 0.05) is 24.5 Å². The summed E-state index contributed by atoms with van der Waals surface area (Å²) in [6.45, 7) is 6.39. The maximum absolute atomic E-state index is 11.9. The molecule has 1 amide bonds. The lowest BCUT2D eigenvalue weighted by molar-refractivity contribution is -0.124. The Balaban J connectivity index is 0. The summed E-state index contributed by atoms with van der Waals surface area (Å²) < 4.78 is 1.63. The molecule has 1 aromatic rings. The summed E-state index contributed by atoms with van der Waals surface area (Å²) in [7, 11) is 0. The standard InChI is InChI=1S/C12H22N4O.2ClH/c1-4-12(13,5-2)9-14-11(17)10(3)16-8-6-7-15-16;;/h6-8,10H,4-5,9,13H2,1-3H3,(H,14,17);2*1H. The maximum Gasteiger partial charge on any atom is 0.244 e. The SMILES string of the molecule is CCC(N)(CC)CNC(=O)C(C)n1cccn1.Cl.Cl. The molecule has 0 radical (unpaired) electrons. The van der Waals surface area contributed by atoms with Crippen molar-refractivity contribution in [1.29, 1.82) is 0 Å². The smallest absolute Gasteiger partial charge is 0.244 e. The molecule has 1 unspecified atom stereocenters. The summed E-state index contributed by atoms with van der Waals surface area (Å²) in [5.74, 6) is -0.0505. The lowest BCUT2D eigenvalue weighted by Crippen LogP contribution is -2.50. The van der Waals surface area contributed by atoms with Crippen LogP contribution in [0.4, 0.5) is 0 Å². The van der Waals surface area contributed by atoms with Gasteiger partial charge in [-0.2, -0.15) is 5.10 Å². The molecule has 112 valence electrons. The molecule has 3 N–H and O–H groups in total. The molecule has 5 nitrogen and oxygen atoms in total. The molecule has 19 heavy (non-hydrogen) atoms. The Hall–Kier alpha value is -0.780. The minimum absolute atomic E-state index is 0. The van der Waals surface area contributed by atoms with E-state index in [1.165, 1.54) is 0 Å². The lowest BCUT2D eigenvalue weighted by Gasteiger charge is -2.27. The Morgan fingerprint density at radius 3 is 2.42 bits per heavy atom. The zero-order valence-electron chi connectivity index (χ0n) is 11.6. The van der Waals surface area contributed by atoms with Crippen LogP contribution < -0.4 is 11.1 Å². The van der Waals surface area contributed by atoms with Crippen LogP contribution in [0.15, 0.2) is 18.5 Å². The fourth-order valence-corrected chi connectivity index (χ4v) is 1.54. The highest BCUT2D eigenvalue weighted by molar-refractivity contribution is 5.85. The van der Waals surface area contributed by atoms with Gasteiger partial charge >= 0.3 is 0 Å². The first-order valence-corrected chi connectivity index (χ1v) is 6.08. The molecule has 0 fully saturated rings. The van der Waals surface area contributed by atoms with E-state index in [4.69, 9.17) is 5.73 Å². The molecule has 1 heterocycles. The first-order valence-electron chi connectivity index (χ1n) is 6.08. The van der Waals surface area contributed by atoms with Gasteiger partial charge in [-0.25, -0.2) is 0 Å². The second-order valence-corrected chi connectivity index (χ2v) is 4.45. The zero-order chi connectivity index (χ0) is 12.9. The lowest BCUT2D eigenvalue weighted by atomic mass is 9.94. The zero-order valence-corrected chi connectivity index (χ0v) is 13.3. The molecule has 0 aliphatic carbocycles. The van der Waals surface area contributed by atoms with E-state index in [0.717, 1.165) is 12.8 Å². The third-order valence-corrected chi connectivity index (χ3v) is 3.32. The van der Waals surface area contributed by atoms with E-state index in [2.05, 4.69) is 10.4 Å². The predicted molar refractivity (Wildman–Crippen MR) is 81.9 cm³/mol. The topological polar surface area (TPSA) is 72.9 Å². The number of carbonyl (C=O) groups excluding carboxylic acids is 1. The Labute approximate surface area is 127 Å². The molecule has 0 aliphatic rings. The number of rotatable bonds is 6. The highest BCUT2D eigenvalue weighted by Gasteiger charge is 2.23. The number of nitrogens with zero attached hydrogens (tertiary/aromatic N) is 2. The van der Waals surface area contributed by atoms with Gasteiger partial charge in [-0.3, -0.25) is 9.48 Å². The van der Waals surface area contributed by atoms with Crippen molar-refractivity contribution < 1.29 is 4.79 Å². The number of hydrogen-bond acceptors (Lipinski definition) is 3. The Kier molecular flexibility index (Phi) is 9.92. The van der Waals surface area contributed by atoms with Gasteiger partial charge in [-0.1, -0.05) is 13.8 Å². The predicted octanol–water partition coefficient (Wildman–Crippen LogP) is 1.92. The molecule has 0 aromatic carbocycles. The number of nitrogens with one attached hydrogen (secondary N) is 1. The molecule has 0 aliphatic heterocycles. The van der Waals surface area contributed by atoms with Gasteiger partial charge in [0.05, 0.1) is 0 Å². The van der Waals surface area contributed by atoms with Crippen molar-refractivity contribution in [1.82, 2.24) is 15.1 Å². The number of nitrogens with two attached hydrogens (primary N) is 1. The molecular weight excluding hydrogens is 287 g/mol. The van der Waals surface area contributed by atoms with Crippen LogP contribution in [-0.4, -0.2) is 27.8 Å². The summed E-state index contributed by atoms with van der Waals surface area (Å²) in [6.07, 6.45) is 5.13. The second kappa shape index (κ2) is 9.18. The van der Waals surface area contributed by atoms with E-state index in [0.29, 0.717) is 6.54 Å². The number of carbonyl (C=O) groups is 1. The van der Waals surface area contributed by atoms with Crippen LogP contribution in [0.5, 0.6) is 0 Å². The van der Waals surface area contributed by atoms with E-state index < -0.39 is 0 Å². The van der Waals surface area contributed by atoms with Crippen LogP contribution >= 0.6 is 24.8 Å². The van der Waals surface area contributed by atoms with E-state index in [-0.39, 0.29) is 42.3 Å². The van der Waals surface area contributed by atoms with Crippen LogP contribution in [0.25, 0.3) is 0 Å². The van der Waals surface area contributed by atoms with Crippen molar-refractivity contribution in [3.05, 3.63) is 18.5 Å². The number of amides is 1. The number of halogens is 2. The van der Waals surface area contributed by atoms with Gasteiger partial charge in [-0.05, 0) is 25.8 Å². The van der Waals surface area contributed by atoms with Crippen molar-refractivity contribution >= 4 is 30.7 Å². The largest absolute Gasteiger partial charge is 0.352 e. The molecule has 1 aromatic heterocycles. The van der Waals surface area contributed by atoms with E-state index >= 15 is 0 Å². The van der Waals surface area contributed by atoms with Crippen LogP contribution in [0, 0.1) is 0 Å². The highest BCUT2D eigenvalue weighted by atomic mass is 35.5. The molecule has 0 saturated carbocycles. The quantitative estimate of drug-likeness (QED) is 0.843. The van der Waals surface area contributed by atoms with Gasteiger partial charge in [0.1, 0.15) is 6.04 Å². The van der Waals surface area contributed by atoms with Crippen molar-refractivity contribution in [3.63, 3.8) is 0 Å². The van der Waals surface area contributed by atoms with E-state index in [1.54, 1.807) is 23.1 Å². The molecule has 7 heteroatoms. The van der Waals surface area contributed by atoms with Gasteiger partial charge < -0.3 is 11.1 Å². The summed E-state index contributed by atoms with van der Waals surface area (Å²) in [5.41, 5.74) is 5.82. The molecule has 0 spiro atoms. The minimum Gasteiger partial charge on any atom is -0.352 e. The van der Waals surface area contributed by atoms with Crippen molar-refractivity contribution in [2.45, 2.75) is 45.2 Å². The van der Waals surface area contributed by atoms with Crippen molar-refractivity contribution in [2.75, 3.05) is 6.54 Å². The summed E-state index contributed by atoms with van der Waals surface area (Å²) >= 11 is 0. The normalized spacial score (nSPS) is 12.0. The Bertz CT molecular complexity index is 353. The highest BCUT2D eigenvalue weighted by Crippen LogP contribution is 2.10. The summed E-state index contributed by atoms with van der Waals surface area (Å²) in [6, 6.07) is 1.50. The van der Waals surface area contributed by atoms with Gasteiger partial charge in [0.15, 0.2) is 0 Å². The molecular formula is C12H24Cl2N4O. The van der Waals surface area contributed by atoms with Crippen LogP contribution in [0.3, 0.4) is 0 Å². The first-order chi connectivity index (χ1) is 8.02. The maximum atomic E-state index is 11.9. The molecule has 0 bridgehead atoms. The summed E-state index contributed by atoms with van der Waals surface area (Å²) in [5, 5.41) is 6.93. The fraction of sp³-hybridized carbons (Fsp3) is 0.667. The average Bonchev–Trinajstić information content (AvgIpc) is 2.88. The molecule has 1 atom stereocenters. The Morgan fingerprint density at radius 2 is 2.00 bits per heavy atom.